The number of carbonyl (C=O) groups is 1. The minimum Gasteiger partial charge on any atom is -0.481 e. The summed E-state index contributed by atoms with van der Waals surface area (Å²) < 4.78 is 12.1. The number of benzene rings is 1. The molecule has 2 aromatic heterocycles. The smallest absolute Gasteiger partial charge is 0.251 e. The summed E-state index contributed by atoms with van der Waals surface area (Å²) >= 11 is 0. The predicted octanol–water partition coefficient (Wildman–Crippen LogP) is 2.61. The summed E-state index contributed by atoms with van der Waals surface area (Å²) in [5.74, 6) is 0.368. The Bertz CT molecular complexity index is 906. The SMILES string of the molecule is COCC(NC(=O)c1cccc(-c2ccc(OC)nc2)c1)c1ccnn1C. The number of ether oxygens (including phenoxy) is 2. The van der Waals surface area contributed by atoms with Crippen molar-refractivity contribution in [2.24, 2.45) is 7.05 Å². The fourth-order valence-electron chi connectivity index (χ4n) is 2.85. The molecule has 0 aliphatic rings. The maximum Gasteiger partial charge on any atom is 0.251 e. The monoisotopic (exact) mass is 366 g/mol. The minimum atomic E-state index is -0.290. The number of nitrogens with zero attached hydrogens (tertiary/aromatic N) is 3. The van der Waals surface area contributed by atoms with E-state index in [9.17, 15) is 4.79 Å². The van der Waals surface area contributed by atoms with Gasteiger partial charge in [0.1, 0.15) is 0 Å². The molecule has 3 aromatic rings. The van der Waals surface area contributed by atoms with Gasteiger partial charge in [-0.05, 0) is 29.8 Å². The molecule has 1 atom stereocenters. The van der Waals surface area contributed by atoms with Crippen LogP contribution in [0.3, 0.4) is 0 Å². The maximum absolute atomic E-state index is 12.8. The summed E-state index contributed by atoms with van der Waals surface area (Å²) in [5.41, 5.74) is 3.25. The van der Waals surface area contributed by atoms with Crippen LogP contribution in [0, 0.1) is 0 Å². The van der Waals surface area contributed by atoms with Crippen LogP contribution in [0.15, 0.2) is 54.9 Å². The zero-order valence-electron chi connectivity index (χ0n) is 15.5. The van der Waals surface area contributed by atoms with Crippen LogP contribution in [0.1, 0.15) is 22.1 Å². The molecule has 0 saturated heterocycles. The molecule has 1 N–H and O–H groups in total. The molecule has 2 heterocycles. The van der Waals surface area contributed by atoms with Crippen molar-refractivity contribution in [3.05, 3.63) is 66.1 Å². The zero-order valence-corrected chi connectivity index (χ0v) is 15.5. The number of aryl methyl sites for hydroxylation is 1. The highest BCUT2D eigenvalue weighted by Gasteiger charge is 2.18. The average molecular weight is 366 g/mol. The summed E-state index contributed by atoms with van der Waals surface area (Å²) in [6.45, 7) is 0.355. The molecule has 0 saturated carbocycles. The van der Waals surface area contributed by atoms with E-state index in [0.29, 0.717) is 18.1 Å². The standard InChI is InChI=1S/C20H22N4O3/c1-24-18(9-10-22-24)17(13-26-2)23-20(25)15-6-4-5-14(11-15)16-7-8-19(27-3)21-12-16/h4-12,17H,13H2,1-3H3,(H,23,25). The Balaban J connectivity index is 1.80. The summed E-state index contributed by atoms with van der Waals surface area (Å²) in [6, 6.07) is 12.7. The number of hydrogen-bond acceptors (Lipinski definition) is 5. The summed E-state index contributed by atoms with van der Waals surface area (Å²) in [7, 11) is 5.01. The number of aromatic nitrogens is 3. The van der Waals surface area contributed by atoms with Crippen LogP contribution in [0.4, 0.5) is 0 Å². The van der Waals surface area contributed by atoms with E-state index in [0.717, 1.165) is 16.8 Å². The van der Waals surface area contributed by atoms with Crippen molar-refractivity contribution in [2.45, 2.75) is 6.04 Å². The van der Waals surface area contributed by atoms with E-state index in [1.54, 1.807) is 43.4 Å². The number of pyridine rings is 1. The summed E-state index contributed by atoms with van der Waals surface area (Å²) in [6.07, 6.45) is 3.42. The van der Waals surface area contributed by atoms with Gasteiger partial charge in [0.25, 0.3) is 5.91 Å². The Kier molecular flexibility index (Phi) is 5.83. The Hall–Kier alpha value is -3.19. The van der Waals surface area contributed by atoms with E-state index in [2.05, 4.69) is 15.4 Å². The summed E-state index contributed by atoms with van der Waals surface area (Å²) in [5, 5.41) is 7.17. The fraction of sp³-hybridized carbons (Fsp3) is 0.250. The molecule has 3 rings (SSSR count). The van der Waals surface area contributed by atoms with Gasteiger partial charge in [-0.25, -0.2) is 4.98 Å². The van der Waals surface area contributed by atoms with Crippen LogP contribution in [0.2, 0.25) is 0 Å². The van der Waals surface area contributed by atoms with E-state index >= 15 is 0 Å². The van der Waals surface area contributed by atoms with Gasteiger partial charge in [0.15, 0.2) is 0 Å². The molecular formula is C20H22N4O3. The highest BCUT2D eigenvalue weighted by atomic mass is 16.5. The third-order valence-corrected chi connectivity index (χ3v) is 4.26. The Morgan fingerprint density at radius 2 is 2.04 bits per heavy atom. The van der Waals surface area contributed by atoms with Crippen LogP contribution >= 0.6 is 0 Å². The van der Waals surface area contributed by atoms with Crippen LogP contribution in [-0.4, -0.2) is 41.5 Å². The van der Waals surface area contributed by atoms with E-state index in [1.165, 1.54) is 0 Å². The lowest BCUT2D eigenvalue weighted by Gasteiger charge is -2.18. The molecule has 27 heavy (non-hydrogen) atoms. The normalized spacial score (nSPS) is 11.8. The van der Waals surface area contributed by atoms with Gasteiger partial charge in [-0.2, -0.15) is 5.10 Å². The Labute approximate surface area is 158 Å². The lowest BCUT2D eigenvalue weighted by atomic mass is 10.0. The second-order valence-corrected chi connectivity index (χ2v) is 6.03. The number of amides is 1. The number of rotatable bonds is 7. The predicted molar refractivity (Wildman–Crippen MR) is 102 cm³/mol. The number of hydrogen-bond donors (Lipinski definition) is 1. The lowest BCUT2D eigenvalue weighted by molar-refractivity contribution is 0.0892. The van der Waals surface area contributed by atoms with Crippen molar-refractivity contribution in [1.29, 1.82) is 0 Å². The molecule has 0 aliphatic heterocycles. The first kappa shape index (κ1) is 18.6. The van der Waals surface area contributed by atoms with Crippen LogP contribution in [-0.2, 0) is 11.8 Å². The van der Waals surface area contributed by atoms with Crippen LogP contribution in [0.25, 0.3) is 11.1 Å². The average Bonchev–Trinajstić information content (AvgIpc) is 3.13. The molecule has 7 nitrogen and oxygen atoms in total. The van der Waals surface area contributed by atoms with Gasteiger partial charge < -0.3 is 14.8 Å². The van der Waals surface area contributed by atoms with Gasteiger partial charge in [-0.1, -0.05) is 12.1 Å². The van der Waals surface area contributed by atoms with Gasteiger partial charge in [0.2, 0.25) is 5.88 Å². The molecule has 0 radical (unpaired) electrons. The third-order valence-electron chi connectivity index (χ3n) is 4.26. The fourth-order valence-corrected chi connectivity index (χ4v) is 2.85. The van der Waals surface area contributed by atoms with E-state index in [-0.39, 0.29) is 11.9 Å². The first-order chi connectivity index (χ1) is 13.1. The van der Waals surface area contributed by atoms with E-state index in [1.807, 2.05) is 37.4 Å². The second kappa shape index (κ2) is 8.46. The highest BCUT2D eigenvalue weighted by molar-refractivity contribution is 5.95. The van der Waals surface area contributed by atoms with Crippen LogP contribution in [0.5, 0.6) is 5.88 Å². The summed E-state index contributed by atoms with van der Waals surface area (Å²) in [4.78, 5) is 17.0. The first-order valence-electron chi connectivity index (χ1n) is 8.50. The van der Waals surface area contributed by atoms with Gasteiger partial charge in [0, 0.05) is 43.7 Å². The molecule has 1 aromatic carbocycles. The van der Waals surface area contributed by atoms with Crippen molar-refractivity contribution in [2.75, 3.05) is 20.8 Å². The van der Waals surface area contributed by atoms with E-state index in [4.69, 9.17) is 9.47 Å². The molecule has 0 spiro atoms. The molecule has 0 fully saturated rings. The van der Waals surface area contributed by atoms with Crippen LogP contribution < -0.4 is 10.1 Å². The topological polar surface area (TPSA) is 78.3 Å². The van der Waals surface area contributed by atoms with Gasteiger partial charge in [-0.15, -0.1) is 0 Å². The van der Waals surface area contributed by atoms with Crippen molar-refractivity contribution in [3.63, 3.8) is 0 Å². The largest absolute Gasteiger partial charge is 0.481 e. The minimum absolute atomic E-state index is 0.179. The zero-order chi connectivity index (χ0) is 19.2. The number of nitrogens with one attached hydrogen (secondary N) is 1. The molecule has 1 unspecified atom stereocenters. The van der Waals surface area contributed by atoms with E-state index < -0.39 is 0 Å². The quantitative estimate of drug-likeness (QED) is 0.695. The number of methoxy groups -OCH3 is 2. The molecule has 0 aliphatic carbocycles. The Morgan fingerprint density at radius 1 is 1.19 bits per heavy atom. The van der Waals surface area contributed by atoms with Crippen molar-refractivity contribution in [1.82, 2.24) is 20.1 Å². The van der Waals surface area contributed by atoms with Gasteiger partial charge >= 0.3 is 0 Å². The van der Waals surface area contributed by atoms with Crippen molar-refractivity contribution < 1.29 is 14.3 Å². The van der Waals surface area contributed by atoms with Gasteiger partial charge in [0.05, 0.1) is 25.5 Å². The molecular weight excluding hydrogens is 344 g/mol. The molecule has 140 valence electrons. The highest BCUT2D eigenvalue weighted by Crippen LogP contribution is 2.22. The Morgan fingerprint density at radius 3 is 2.67 bits per heavy atom. The number of carbonyl (C=O) groups excluding carboxylic acids is 1. The maximum atomic E-state index is 12.8. The second-order valence-electron chi connectivity index (χ2n) is 6.03. The molecule has 0 bridgehead atoms. The lowest BCUT2D eigenvalue weighted by Crippen LogP contribution is -2.32. The van der Waals surface area contributed by atoms with Gasteiger partial charge in [-0.3, -0.25) is 9.48 Å². The molecule has 1 amide bonds. The molecule has 7 heteroatoms. The third kappa shape index (κ3) is 4.32. The van der Waals surface area contributed by atoms with Crippen molar-refractivity contribution in [3.8, 4) is 17.0 Å². The van der Waals surface area contributed by atoms with Crippen molar-refractivity contribution >= 4 is 5.91 Å². The first-order valence-corrected chi connectivity index (χ1v) is 8.50.